The van der Waals surface area contributed by atoms with E-state index in [1.807, 2.05) is 29.6 Å². The van der Waals surface area contributed by atoms with Crippen molar-refractivity contribution in [2.45, 2.75) is 12.8 Å². The van der Waals surface area contributed by atoms with E-state index in [9.17, 15) is 9.18 Å². The molecule has 1 heterocycles. The van der Waals surface area contributed by atoms with Crippen molar-refractivity contribution < 1.29 is 9.18 Å². The normalized spacial score (nSPS) is 10.6. The summed E-state index contributed by atoms with van der Waals surface area (Å²) < 4.78 is 12.9. The van der Waals surface area contributed by atoms with Gasteiger partial charge in [-0.2, -0.15) is 0 Å². The summed E-state index contributed by atoms with van der Waals surface area (Å²) in [5.74, 6) is -0.380. The van der Waals surface area contributed by atoms with E-state index in [-0.39, 0.29) is 11.7 Å². The molecule has 0 bridgehead atoms. The van der Waals surface area contributed by atoms with Crippen LogP contribution in [0.25, 0.3) is 11.3 Å². The predicted octanol–water partition coefficient (Wildman–Crippen LogP) is 5.17. The Bertz CT molecular complexity index is 831. The fourth-order valence-corrected chi connectivity index (χ4v) is 3.04. The van der Waals surface area contributed by atoms with Gasteiger partial charge in [0, 0.05) is 22.4 Å². The van der Waals surface area contributed by atoms with Crippen LogP contribution in [0.2, 0.25) is 5.02 Å². The van der Waals surface area contributed by atoms with Crippen LogP contribution in [0.15, 0.2) is 53.9 Å². The number of halogens is 2. The van der Waals surface area contributed by atoms with Crippen LogP contribution in [-0.4, -0.2) is 10.9 Å². The molecule has 0 fully saturated rings. The summed E-state index contributed by atoms with van der Waals surface area (Å²) in [7, 11) is 0. The van der Waals surface area contributed by atoms with Crippen molar-refractivity contribution in [1.82, 2.24) is 4.98 Å². The molecule has 0 aliphatic heterocycles. The van der Waals surface area contributed by atoms with Gasteiger partial charge in [-0.3, -0.25) is 4.79 Å². The van der Waals surface area contributed by atoms with Gasteiger partial charge in [0.2, 0.25) is 5.91 Å². The van der Waals surface area contributed by atoms with Gasteiger partial charge in [-0.05, 0) is 48.4 Å². The Balaban J connectivity index is 1.57. The highest BCUT2D eigenvalue weighted by Gasteiger charge is 2.08. The van der Waals surface area contributed by atoms with E-state index in [4.69, 9.17) is 11.6 Å². The number of aromatic nitrogens is 1. The molecular formula is C18H14ClFN2OS. The summed E-state index contributed by atoms with van der Waals surface area (Å²) in [5, 5.41) is 5.85. The Kier molecular flexibility index (Phi) is 5.23. The van der Waals surface area contributed by atoms with Crippen molar-refractivity contribution in [2.24, 2.45) is 0 Å². The molecule has 1 N–H and O–H groups in total. The third kappa shape index (κ3) is 4.40. The number of nitrogens with one attached hydrogen (secondary N) is 1. The Morgan fingerprint density at radius 3 is 2.54 bits per heavy atom. The number of rotatable bonds is 5. The van der Waals surface area contributed by atoms with Gasteiger partial charge in [0.1, 0.15) is 5.82 Å². The number of amides is 1. The lowest BCUT2D eigenvalue weighted by Crippen LogP contribution is -2.12. The Morgan fingerprint density at radius 2 is 1.83 bits per heavy atom. The number of hydrogen-bond acceptors (Lipinski definition) is 3. The first kappa shape index (κ1) is 16.6. The zero-order chi connectivity index (χ0) is 16.9. The van der Waals surface area contributed by atoms with Gasteiger partial charge >= 0.3 is 0 Å². The average molecular weight is 361 g/mol. The quantitative estimate of drug-likeness (QED) is 0.681. The lowest BCUT2D eigenvalue weighted by atomic mass is 10.1. The largest absolute Gasteiger partial charge is 0.302 e. The van der Waals surface area contributed by atoms with Gasteiger partial charge in [0.05, 0.1) is 5.69 Å². The molecule has 0 aliphatic rings. The zero-order valence-electron chi connectivity index (χ0n) is 12.6. The first-order valence-electron chi connectivity index (χ1n) is 7.36. The number of nitrogens with zero attached hydrogens (tertiary/aromatic N) is 1. The summed E-state index contributed by atoms with van der Waals surface area (Å²) in [6, 6.07) is 13.5. The first-order chi connectivity index (χ1) is 11.6. The summed E-state index contributed by atoms with van der Waals surface area (Å²) in [6.07, 6.45) is 1.01. The molecule has 2 aromatic carbocycles. The van der Waals surface area contributed by atoms with Crippen LogP contribution in [0.3, 0.4) is 0 Å². The Morgan fingerprint density at radius 1 is 1.12 bits per heavy atom. The molecule has 3 rings (SSSR count). The van der Waals surface area contributed by atoms with Crippen molar-refractivity contribution in [3.63, 3.8) is 0 Å². The molecule has 0 atom stereocenters. The van der Waals surface area contributed by atoms with E-state index < -0.39 is 0 Å². The molecule has 0 spiro atoms. The van der Waals surface area contributed by atoms with Gasteiger partial charge in [0.15, 0.2) is 5.13 Å². The number of carbonyl (C=O) groups is 1. The zero-order valence-corrected chi connectivity index (χ0v) is 14.2. The van der Waals surface area contributed by atoms with Crippen LogP contribution in [-0.2, 0) is 11.2 Å². The Hall–Kier alpha value is -2.24. The second kappa shape index (κ2) is 7.55. The SMILES string of the molecule is O=C(CCc1ccc(Cl)cc1)Nc1nc(-c2ccc(F)cc2)cs1. The summed E-state index contributed by atoms with van der Waals surface area (Å²) in [5.41, 5.74) is 2.59. The number of thiazole rings is 1. The molecule has 3 aromatic rings. The van der Waals surface area contributed by atoms with Crippen molar-refractivity contribution in [3.05, 3.63) is 70.3 Å². The minimum absolute atomic E-state index is 0.0926. The fraction of sp³-hybridized carbons (Fsp3) is 0.111. The summed E-state index contributed by atoms with van der Waals surface area (Å²) in [6.45, 7) is 0. The molecule has 3 nitrogen and oxygen atoms in total. The molecule has 1 aromatic heterocycles. The second-order valence-electron chi connectivity index (χ2n) is 5.22. The molecule has 0 saturated heterocycles. The molecule has 0 unspecified atom stereocenters. The van der Waals surface area contributed by atoms with E-state index in [1.165, 1.54) is 23.5 Å². The smallest absolute Gasteiger partial charge is 0.226 e. The van der Waals surface area contributed by atoms with E-state index in [2.05, 4.69) is 10.3 Å². The van der Waals surface area contributed by atoms with Gasteiger partial charge in [-0.25, -0.2) is 9.37 Å². The maximum absolute atomic E-state index is 12.9. The summed E-state index contributed by atoms with van der Waals surface area (Å²) >= 11 is 7.18. The van der Waals surface area contributed by atoms with Crippen molar-refractivity contribution in [1.29, 1.82) is 0 Å². The van der Waals surface area contributed by atoms with E-state index >= 15 is 0 Å². The molecule has 24 heavy (non-hydrogen) atoms. The lowest BCUT2D eigenvalue weighted by Gasteiger charge is -2.02. The molecule has 1 amide bonds. The van der Waals surface area contributed by atoms with Gasteiger partial charge in [-0.15, -0.1) is 11.3 Å². The fourth-order valence-electron chi connectivity index (χ4n) is 2.18. The number of anilines is 1. The van der Waals surface area contributed by atoms with Crippen LogP contribution in [0.1, 0.15) is 12.0 Å². The topological polar surface area (TPSA) is 42.0 Å². The lowest BCUT2D eigenvalue weighted by molar-refractivity contribution is -0.116. The monoisotopic (exact) mass is 360 g/mol. The number of benzene rings is 2. The molecule has 6 heteroatoms. The van der Waals surface area contributed by atoms with Crippen LogP contribution in [0, 0.1) is 5.82 Å². The third-order valence-corrected chi connectivity index (χ3v) is 4.45. The van der Waals surface area contributed by atoms with Crippen molar-refractivity contribution in [2.75, 3.05) is 5.32 Å². The minimum Gasteiger partial charge on any atom is -0.302 e. The van der Waals surface area contributed by atoms with Crippen LogP contribution >= 0.6 is 22.9 Å². The van der Waals surface area contributed by atoms with Crippen molar-refractivity contribution in [3.8, 4) is 11.3 Å². The first-order valence-corrected chi connectivity index (χ1v) is 8.62. The standard InChI is InChI=1S/C18H14ClFN2OS/c19-14-6-1-12(2-7-14)3-10-17(23)22-18-21-16(11-24-18)13-4-8-15(20)9-5-13/h1-2,4-9,11H,3,10H2,(H,21,22,23). The predicted molar refractivity (Wildman–Crippen MR) is 95.9 cm³/mol. The van der Waals surface area contributed by atoms with E-state index in [1.54, 1.807) is 12.1 Å². The molecule has 0 saturated carbocycles. The number of carbonyl (C=O) groups excluding carboxylic acids is 1. The van der Waals surface area contributed by atoms with E-state index in [0.29, 0.717) is 28.7 Å². The second-order valence-corrected chi connectivity index (χ2v) is 6.51. The summed E-state index contributed by atoms with van der Waals surface area (Å²) in [4.78, 5) is 16.4. The van der Waals surface area contributed by atoms with Gasteiger partial charge < -0.3 is 5.32 Å². The number of aryl methyl sites for hydroxylation is 1. The third-order valence-electron chi connectivity index (χ3n) is 3.44. The number of hydrogen-bond donors (Lipinski definition) is 1. The van der Waals surface area contributed by atoms with Crippen LogP contribution in [0.4, 0.5) is 9.52 Å². The highest BCUT2D eigenvalue weighted by Crippen LogP contribution is 2.25. The highest BCUT2D eigenvalue weighted by molar-refractivity contribution is 7.14. The van der Waals surface area contributed by atoms with E-state index in [0.717, 1.165) is 11.1 Å². The maximum Gasteiger partial charge on any atom is 0.226 e. The molecular weight excluding hydrogens is 347 g/mol. The Labute approximate surface area is 148 Å². The van der Waals surface area contributed by atoms with Gasteiger partial charge in [-0.1, -0.05) is 23.7 Å². The average Bonchev–Trinajstić information content (AvgIpc) is 3.03. The van der Waals surface area contributed by atoms with Gasteiger partial charge in [0.25, 0.3) is 0 Å². The minimum atomic E-state index is -0.287. The highest BCUT2D eigenvalue weighted by atomic mass is 35.5. The van der Waals surface area contributed by atoms with Crippen LogP contribution < -0.4 is 5.32 Å². The molecule has 0 aliphatic carbocycles. The van der Waals surface area contributed by atoms with Crippen LogP contribution in [0.5, 0.6) is 0 Å². The molecule has 122 valence electrons. The maximum atomic E-state index is 12.9. The van der Waals surface area contributed by atoms with Crippen molar-refractivity contribution >= 4 is 34.0 Å². The molecule has 0 radical (unpaired) electrons.